The Kier molecular flexibility index (Phi) is 6.92. The molecule has 27 heavy (non-hydrogen) atoms. The zero-order valence-corrected chi connectivity index (χ0v) is 14.3. The van der Waals surface area contributed by atoms with Crippen LogP contribution >= 0.6 is 0 Å². The summed E-state index contributed by atoms with van der Waals surface area (Å²) in [5.74, 6) is -3.64. The Bertz CT molecular complexity index is 626. The van der Waals surface area contributed by atoms with Crippen LogP contribution in [0.2, 0.25) is 0 Å². The van der Waals surface area contributed by atoms with Crippen LogP contribution in [-0.2, 0) is 23.8 Å². The normalized spacial score (nSPS) is 38.2. The lowest BCUT2D eigenvalue weighted by atomic mass is 9.86. The zero-order chi connectivity index (χ0) is 20.3. The summed E-state index contributed by atoms with van der Waals surface area (Å²) in [4.78, 5) is 22.5. The molecular weight excluding hydrogens is 368 g/mol. The monoisotopic (exact) mass is 390 g/mol. The van der Waals surface area contributed by atoms with Crippen molar-refractivity contribution in [3.05, 3.63) is 23.5 Å². The molecule has 2 aliphatic rings. The molecule has 1 saturated heterocycles. The Morgan fingerprint density at radius 3 is 2.37 bits per heavy atom. The van der Waals surface area contributed by atoms with E-state index in [-0.39, 0.29) is 11.1 Å². The molecule has 11 nitrogen and oxygen atoms in total. The highest BCUT2D eigenvalue weighted by Crippen LogP contribution is 2.35. The van der Waals surface area contributed by atoms with Crippen molar-refractivity contribution in [3.8, 4) is 0 Å². The van der Waals surface area contributed by atoms with E-state index in [4.69, 9.17) is 19.3 Å². The van der Waals surface area contributed by atoms with Crippen LogP contribution in [0.15, 0.2) is 23.5 Å². The van der Waals surface area contributed by atoms with Gasteiger partial charge >= 0.3 is 11.9 Å². The van der Waals surface area contributed by atoms with Gasteiger partial charge < -0.3 is 44.8 Å². The first kappa shape index (κ1) is 21.3. The minimum atomic E-state index is -1.69. The molecule has 2 heterocycles. The second-order valence-electron chi connectivity index (χ2n) is 6.12. The fourth-order valence-corrected chi connectivity index (χ4v) is 2.99. The van der Waals surface area contributed by atoms with Crippen LogP contribution in [0.1, 0.15) is 13.3 Å². The smallest absolute Gasteiger partial charge is 0.335 e. The molecule has 0 saturated carbocycles. The summed E-state index contributed by atoms with van der Waals surface area (Å²) in [7, 11) is 0. The summed E-state index contributed by atoms with van der Waals surface area (Å²) >= 11 is 0. The predicted octanol–water partition coefficient (Wildman–Crippen LogP) is -1.84. The van der Waals surface area contributed by atoms with Gasteiger partial charge in [-0.1, -0.05) is 6.08 Å². The molecule has 6 N–H and O–H groups in total. The average molecular weight is 390 g/mol. The predicted molar refractivity (Wildman–Crippen MR) is 84.9 cm³/mol. The number of carboxylic acid groups (broad SMARTS) is 2. The van der Waals surface area contributed by atoms with Gasteiger partial charge in [0.1, 0.15) is 24.4 Å². The van der Waals surface area contributed by atoms with Crippen molar-refractivity contribution in [2.45, 2.75) is 50.3 Å². The first-order chi connectivity index (χ1) is 12.7. The standard InChI is InChI=1S/C16H22O11/c1-2-6-7(3-10(18)19)8(14(23)24)5-25-15(6)27-16-13(22)12(21)11(20)9(4-17)26-16/h2,5,7,9,11-13,15-17,20-22H,3-4H2,1H3,(H,18,19)(H,23,24). The average Bonchev–Trinajstić information content (AvgIpc) is 2.61. The van der Waals surface area contributed by atoms with E-state index in [0.29, 0.717) is 0 Å². The molecule has 7 unspecified atom stereocenters. The van der Waals surface area contributed by atoms with Gasteiger partial charge in [0, 0.05) is 11.5 Å². The number of allylic oxidation sites excluding steroid dienone is 1. The van der Waals surface area contributed by atoms with E-state index >= 15 is 0 Å². The maximum absolute atomic E-state index is 11.4. The van der Waals surface area contributed by atoms with E-state index in [2.05, 4.69) is 0 Å². The molecule has 0 aromatic carbocycles. The summed E-state index contributed by atoms with van der Waals surface area (Å²) in [6, 6.07) is 0. The van der Waals surface area contributed by atoms with Crippen LogP contribution < -0.4 is 0 Å². The molecule has 2 rings (SSSR count). The molecule has 1 fully saturated rings. The number of aliphatic carboxylic acids is 2. The number of aliphatic hydroxyl groups excluding tert-OH is 4. The first-order valence-electron chi connectivity index (χ1n) is 8.13. The van der Waals surface area contributed by atoms with Gasteiger partial charge in [0.25, 0.3) is 0 Å². The number of carboxylic acids is 2. The number of ether oxygens (including phenoxy) is 3. The fraction of sp³-hybridized carbons (Fsp3) is 0.625. The summed E-state index contributed by atoms with van der Waals surface area (Å²) in [6.07, 6.45) is -7.20. The Labute approximate surface area is 153 Å². The van der Waals surface area contributed by atoms with Gasteiger partial charge in [0.05, 0.1) is 24.9 Å². The highest BCUT2D eigenvalue weighted by molar-refractivity contribution is 5.89. The van der Waals surface area contributed by atoms with Gasteiger partial charge in [0.2, 0.25) is 6.29 Å². The summed E-state index contributed by atoms with van der Waals surface area (Å²) in [5.41, 5.74) is -0.103. The lowest BCUT2D eigenvalue weighted by Crippen LogP contribution is -2.60. The second-order valence-corrected chi connectivity index (χ2v) is 6.12. The van der Waals surface area contributed by atoms with Crippen molar-refractivity contribution in [1.82, 2.24) is 0 Å². The minimum absolute atomic E-state index is 0.175. The molecule has 0 aromatic rings. The molecule has 0 spiro atoms. The van der Waals surface area contributed by atoms with Crippen molar-refractivity contribution in [2.75, 3.05) is 6.61 Å². The summed E-state index contributed by atoms with van der Waals surface area (Å²) < 4.78 is 15.9. The SMILES string of the molecule is CC=C1C(OC2OC(CO)C(O)C(O)C2O)OC=C(C(=O)O)C1CC(=O)O. The van der Waals surface area contributed by atoms with Gasteiger partial charge in [0.15, 0.2) is 6.29 Å². The van der Waals surface area contributed by atoms with Crippen LogP contribution in [-0.4, -0.2) is 86.2 Å². The van der Waals surface area contributed by atoms with Crippen molar-refractivity contribution in [3.63, 3.8) is 0 Å². The molecule has 2 aliphatic heterocycles. The maximum Gasteiger partial charge on any atom is 0.335 e. The molecule has 0 aromatic heterocycles. The Morgan fingerprint density at radius 2 is 1.85 bits per heavy atom. The summed E-state index contributed by atoms with van der Waals surface area (Å²) in [5, 5.41) is 57.2. The highest BCUT2D eigenvalue weighted by Gasteiger charge is 2.46. The maximum atomic E-state index is 11.4. The van der Waals surface area contributed by atoms with Crippen LogP contribution in [0.5, 0.6) is 0 Å². The largest absolute Gasteiger partial charge is 0.481 e. The Balaban J connectivity index is 2.25. The molecule has 0 amide bonds. The first-order valence-corrected chi connectivity index (χ1v) is 8.13. The van der Waals surface area contributed by atoms with Crippen LogP contribution in [0.4, 0.5) is 0 Å². The Hall–Kier alpha value is -2.02. The quantitative estimate of drug-likeness (QED) is 0.280. The highest BCUT2D eigenvalue weighted by atomic mass is 16.8. The van der Waals surface area contributed by atoms with Gasteiger partial charge in [-0.3, -0.25) is 4.79 Å². The third kappa shape index (κ3) is 4.46. The molecule has 0 radical (unpaired) electrons. The van der Waals surface area contributed by atoms with Crippen LogP contribution in [0, 0.1) is 5.92 Å². The second kappa shape index (κ2) is 8.78. The van der Waals surface area contributed by atoms with Crippen LogP contribution in [0.25, 0.3) is 0 Å². The van der Waals surface area contributed by atoms with E-state index in [1.807, 2.05) is 0 Å². The number of hydrogen-bond donors (Lipinski definition) is 6. The molecule has 0 bridgehead atoms. The lowest BCUT2D eigenvalue weighted by molar-refractivity contribution is -0.327. The minimum Gasteiger partial charge on any atom is -0.481 e. The molecule has 11 heteroatoms. The fourth-order valence-electron chi connectivity index (χ4n) is 2.99. The van der Waals surface area contributed by atoms with E-state index < -0.39 is 67.9 Å². The number of carbonyl (C=O) groups is 2. The lowest BCUT2D eigenvalue weighted by Gasteiger charge is -2.41. The number of hydrogen-bond acceptors (Lipinski definition) is 9. The van der Waals surface area contributed by atoms with E-state index in [9.17, 15) is 35.1 Å². The van der Waals surface area contributed by atoms with Gasteiger partial charge in [-0.15, -0.1) is 0 Å². The van der Waals surface area contributed by atoms with E-state index in [1.165, 1.54) is 13.0 Å². The third-order valence-corrected chi connectivity index (χ3v) is 4.43. The van der Waals surface area contributed by atoms with Gasteiger partial charge in [-0.05, 0) is 6.92 Å². The zero-order valence-electron chi connectivity index (χ0n) is 14.3. The molecule has 7 atom stereocenters. The van der Waals surface area contributed by atoms with Crippen molar-refractivity contribution < 1.29 is 54.4 Å². The number of aliphatic hydroxyl groups is 4. The van der Waals surface area contributed by atoms with Gasteiger partial charge in [-0.25, -0.2) is 4.79 Å². The van der Waals surface area contributed by atoms with E-state index in [1.54, 1.807) is 0 Å². The number of rotatable bonds is 6. The van der Waals surface area contributed by atoms with Gasteiger partial charge in [-0.2, -0.15) is 0 Å². The topological polar surface area (TPSA) is 183 Å². The Morgan fingerprint density at radius 1 is 1.19 bits per heavy atom. The summed E-state index contributed by atoms with van der Waals surface area (Å²) in [6.45, 7) is 0.874. The van der Waals surface area contributed by atoms with Crippen molar-refractivity contribution in [1.29, 1.82) is 0 Å². The molecule has 0 aliphatic carbocycles. The van der Waals surface area contributed by atoms with Crippen molar-refractivity contribution in [2.24, 2.45) is 5.92 Å². The van der Waals surface area contributed by atoms with Crippen molar-refractivity contribution >= 4 is 11.9 Å². The van der Waals surface area contributed by atoms with E-state index in [0.717, 1.165) is 6.26 Å². The molecule has 152 valence electrons. The molecular formula is C16H22O11. The van der Waals surface area contributed by atoms with Crippen LogP contribution in [0.3, 0.4) is 0 Å². The third-order valence-electron chi connectivity index (χ3n) is 4.43.